The van der Waals surface area contributed by atoms with Crippen LogP contribution in [0.15, 0.2) is 71.3 Å². The number of allylic oxidation sites excluding steroid dienone is 3. The topological polar surface area (TPSA) is 85.3 Å². The molecule has 1 aliphatic carbocycles. The van der Waals surface area contributed by atoms with Crippen molar-refractivity contribution in [3.8, 4) is 11.8 Å². The molecule has 2 aromatic rings. The summed E-state index contributed by atoms with van der Waals surface area (Å²) in [5.41, 5.74) is 10.0. The summed E-state index contributed by atoms with van der Waals surface area (Å²) in [4.78, 5) is 13.2. The van der Waals surface area contributed by atoms with Gasteiger partial charge in [-0.15, -0.1) is 0 Å². The number of aryl methyl sites for hydroxylation is 1. The summed E-state index contributed by atoms with van der Waals surface area (Å²) in [5, 5.41) is 9.70. The van der Waals surface area contributed by atoms with Gasteiger partial charge in [0, 0.05) is 18.4 Å². The molecule has 0 bridgehead atoms. The number of benzene rings is 2. The molecular formula is C24H22N2O3. The van der Waals surface area contributed by atoms with Crippen LogP contribution < -0.4 is 10.5 Å². The molecule has 2 aromatic carbocycles. The van der Waals surface area contributed by atoms with E-state index in [9.17, 15) is 10.1 Å². The predicted octanol–water partition coefficient (Wildman–Crippen LogP) is 4.21. The normalized spacial score (nSPS) is 21.3. The van der Waals surface area contributed by atoms with E-state index in [1.807, 2.05) is 43.3 Å². The van der Waals surface area contributed by atoms with E-state index in [2.05, 4.69) is 18.2 Å². The molecule has 2 atom stereocenters. The van der Waals surface area contributed by atoms with Crippen molar-refractivity contribution in [2.24, 2.45) is 5.73 Å². The number of rotatable bonds is 3. The Bertz CT molecular complexity index is 1060. The summed E-state index contributed by atoms with van der Waals surface area (Å²) in [5.74, 6) is 0.877. The highest BCUT2D eigenvalue weighted by molar-refractivity contribution is 6.00. The highest BCUT2D eigenvalue weighted by Crippen LogP contribution is 2.46. The first kappa shape index (κ1) is 18.8. The Balaban J connectivity index is 1.75. The number of nitrogens with two attached hydrogens (primary N) is 1. The van der Waals surface area contributed by atoms with E-state index < -0.39 is 5.92 Å². The molecule has 0 spiro atoms. The lowest BCUT2D eigenvalue weighted by atomic mass is 9.73. The summed E-state index contributed by atoms with van der Waals surface area (Å²) < 4.78 is 11.0. The lowest BCUT2D eigenvalue weighted by Gasteiger charge is -2.34. The zero-order chi connectivity index (χ0) is 20.5. The van der Waals surface area contributed by atoms with Crippen molar-refractivity contribution in [3.63, 3.8) is 0 Å². The maximum Gasteiger partial charge on any atom is 0.205 e. The molecule has 1 heterocycles. The number of ketones is 1. The van der Waals surface area contributed by atoms with Crippen LogP contribution in [0.25, 0.3) is 0 Å². The van der Waals surface area contributed by atoms with E-state index in [1.54, 1.807) is 7.11 Å². The van der Waals surface area contributed by atoms with Crippen molar-refractivity contribution < 1.29 is 14.3 Å². The van der Waals surface area contributed by atoms with Crippen LogP contribution in [0.5, 0.6) is 5.75 Å². The molecule has 0 radical (unpaired) electrons. The molecular weight excluding hydrogens is 364 g/mol. The van der Waals surface area contributed by atoms with Crippen LogP contribution in [-0.2, 0) is 9.53 Å². The smallest absolute Gasteiger partial charge is 0.205 e. The van der Waals surface area contributed by atoms with Crippen LogP contribution in [0, 0.1) is 18.3 Å². The molecule has 0 saturated heterocycles. The van der Waals surface area contributed by atoms with Crippen LogP contribution in [0.2, 0.25) is 0 Å². The minimum Gasteiger partial charge on any atom is -0.497 e. The Hall–Kier alpha value is -3.52. The zero-order valence-electron chi connectivity index (χ0n) is 16.4. The number of ether oxygens (including phenoxy) is 2. The Kier molecular flexibility index (Phi) is 4.85. The molecule has 0 saturated carbocycles. The Morgan fingerprint density at radius 3 is 2.34 bits per heavy atom. The highest BCUT2D eigenvalue weighted by atomic mass is 16.5. The van der Waals surface area contributed by atoms with Crippen LogP contribution in [0.1, 0.15) is 41.4 Å². The number of Topliss-reactive ketones (excluding diaryl/α,β-unsaturated/α-hetero) is 1. The van der Waals surface area contributed by atoms with E-state index in [0.29, 0.717) is 29.9 Å². The average molecular weight is 386 g/mol. The summed E-state index contributed by atoms with van der Waals surface area (Å²) in [6.45, 7) is 2.04. The molecule has 4 rings (SSSR count). The maximum atomic E-state index is 13.2. The molecule has 2 aliphatic rings. The van der Waals surface area contributed by atoms with Crippen LogP contribution in [-0.4, -0.2) is 12.9 Å². The van der Waals surface area contributed by atoms with Crippen molar-refractivity contribution in [1.29, 1.82) is 5.26 Å². The van der Waals surface area contributed by atoms with Crippen LogP contribution in [0.4, 0.5) is 0 Å². The first-order valence-electron chi connectivity index (χ1n) is 9.56. The molecule has 1 aliphatic heterocycles. The third-order valence-corrected chi connectivity index (χ3v) is 5.66. The van der Waals surface area contributed by atoms with Gasteiger partial charge in [0.2, 0.25) is 5.88 Å². The van der Waals surface area contributed by atoms with Gasteiger partial charge in [-0.25, -0.2) is 0 Å². The Labute approximate surface area is 170 Å². The third kappa shape index (κ3) is 3.38. The molecule has 5 nitrogen and oxygen atoms in total. The number of nitriles is 1. The van der Waals surface area contributed by atoms with Crippen LogP contribution in [0.3, 0.4) is 0 Å². The second-order valence-electron chi connectivity index (χ2n) is 7.47. The van der Waals surface area contributed by atoms with Gasteiger partial charge in [0.05, 0.1) is 13.0 Å². The molecule has 0 fully saturated rings. The molecule has 0 aromatic heterocycles. The quantitative estimate of drug-likeness (QED) is 0.854. The van der Waals surface area contributed by atoms with Gasteiger partial charge in [-0.05, 0) is 36.1 Å². The van der Waals surface area contributed by atoms with Crippen molar-refractivity contribution in [2.45, 2.75) is 31.6 Å². The molecule has 0 amide bonds. The van der Waals surface area contributed by atoms with E-state index in [-0.39, 0.29) is 23.2 Å². The summed E-state index contributed by atoms with van der Waals surface area (Å²) in [6.07, 6.45) is 0.965. The number of hydrogen-bond acceptors (Lipinski definition) is 5. The fourth-order valence-corrected chi connectivity index (χ4v) is 4.11. The van der Waals surface area contributed by atoms with Crippen molar-refractivity contribution in [1.82, 2.24) is 0 Å². The number of methoxy groups -OCH3 is 1. The minimum atomic E-state index is -0.513. The van der Waals surface area contributed by atoms with E-state index >= 15 is 0 Å². The maximum absolute atomic E-state index is 13.2. The second-order valence-corrected chi connectivity index (χ2v) is 7.47. The molecule has 29 heavy (non-hydrogen) atoms. The molecule has 5 heteroatoms. The van der Waals surface area contributed by atoms with E-state index in [0.717, 1.165) is 11.1 Å². The average Bonchev–Trinajstić information content (AvgIpc) is 2.73. The van der Waals surface area contributed by atoms with E-state index in [4.69, 9.17) is 15.2 Å². The lowest BCUT2D eigenvalue weighted by Crippen LogP contribution is -2.29. The van der Waals surface area contributed by atoms with Crippen molar-refractivity contribution in [2.75, 3.05) is 7.11 Å². The summed E-state index contributed by atoms with van der Waals surface area (Å²) >= 11 is 0. The third-order valence-electron chi connectivity index (χ3n) is 5.66. The fourth-order valence-electron chi connectivity index (χ4n) is 4.11. The summed E-state index contributed by atoms with van der Waals surface area (Å²) in [7, 11) is 1.60. The largest absolute Gasteiger partial charge is 0.497 e. The van der Waals surface area contributed by atoms with Crippen LogP contribution >= 0.6 is 0 Å². The number of carbonyl (C=O) groups excluding carboxylic acids is 1. The number of carbonyl (C=O) groups is 1. The van der Waals surface area contributed by atoms with Gasteiger partial charge in [-0.3, -0.25) is 4.79 Å². The summed E-state index contributed by atoms with van der Waals surface area (Å²) in [6, 6.07) is 17.7. The minimum absolute atomic E-state index is 0.00195. The van der Waals surface area contributed by atoms with E-state index in [1.165, 1.54) is 5.56 Å². The van der Waals surface area contributed by atoms with Crippen molar-refractivity contribution in [3.05, 3.63) is 88.0 Å². The fraction of sp³-hybridized carbons (Fsp3) is 0.250. The van der Waals surface area contributed by atoms with Gasteiger partial charge >= 0.3 is 0 Å². The molecule has 2 unspecified atom stereocenters. The molecule has 2 N–H and O–H groups in total. The second kappa shape index (κ2) is 7.48. The predicted molar refractivity (Wildman–Crippen MR) is 109 cm³/mol. The van der Waals surface area contributed by atoms with Gasteiger partial charge in [-0.1, -0.05) is 42.0 Å². The first-order valence-corrected chi connectivity index (χ1v) is 9.56. The Morgan fingerprint density at radius 1 is 1.07 bits per heavy atom. The lowest BCUT2D eigenvalue weighted by molar-refractivity contribution is -0.117. The first-order chi connectivity index (χ1) is 14.0. The van der Waals surface area contributed by atoms with Gasteiger partial charge in [0.25, 0.3) is 0 Å². The molecule has 146 valence electrons. The van der Waals surface area contributed by atoms with Gasteiger partial charge in [0.1, 0.15) is 23.2 Å². The Morgan fingerprint density at radius 2 is 1.72 bits per heavy atom. The zero-order valence-corrected chi connectivity index (χ0v) is 16.4. The number of hydrogen-bond donors (Lipinski definition) is 1. The number of nitrogens with zero attached hydrogens (tertiary/aromatic N) is 1. The SMILES string of the molecule is COc1ccc(C2C(C#N)=C(N)OC3=C2C(=O)CC(c2ccc(C)cc2)C3)cc1. The van der Waals surface area contributed by atoms with Gasteiger partial charge in [-0.2, -0.15) is 5.26 Å². The monoisotopic (exact) mass is 386 g/mol. The van der Waals surface area contributed by atoms with Gasteiger partial charge in [0.15, 0.2) is 5.78 Å². The van der Waals surface area contributed by atoms with Gasteiger partial charge < -0.3 is 15.2 Å². The standard InChI is InChI=1S/C24H22N2O3/c1-14-3-5-15(6-4-14)17-11-20(27)23-21(12-17)29-24(26)19(13-25)22(23)16-7-9-18(28-2)10-8-16/h3-10,17,22H,11-12,26H2,1-2H3. The van der Waals surface area contributed by atoms with Crippen molar-refractivity contribution >= 4 is 5.78 Å². The highest BCUT2D eigenvalue weighted by Gasteiger charge is 2.40.